The second-order valence-corrected chi connectivity index (χ2v) is 4.38. The monoisotopic (exact) mass is 269 g/mol. The molecule has 0 N–H and O–H groups in total. The molecule has 1 rings (SSSR count). The van der Waals surface area contributed by atoms with Gasteiger partial charge in [-0.25, -0.2) is 13.8 Å². The third-order valence-corrected chi connectivity index (χ3v) is 2.90. The molecule has 1 heterocycles. The third-order valence-electron chi connectivity index (χ3n) is 1.91. The smallest absolute Gasteiger partial charge is 0.255 e. The molecule has 0 aliphatic heterocycles. The van der Waals surface area contributed by atoms with Gasteiger partial charge in [-0.3, -0.25) is 0 Å². The molecule has 0 aromatic carbocycles. The fraction of sp³-hybridized carbons (Fsp3) is 0.778. The molecule has 3 nitrogen and oxygen atoms in total. The summed E-state index contributed by atoms with van der Waals surface area (Å²) >= 11 is 6.72. The van der Waals surface area contributed by atoms with E-state index in [1.165, 1.54) is 4.90 Å². The summed E-state index contributed by atoms with van der Waals surface area (Å²) in [5.74, 6) is 1.02. The summed E-state index contributed by atoms with van der Waals surface area (Å²) in [4.78, 5) is 5.69. The van der Waals surface area contributed by atoms with Gasteiger partial charge < -0.3 is 4.90 Å². The van der Waals surface area contributed by atoms with Crippen LogP contribution in [0.15, 0.2) is 0 Å². The molecule has 92 valence electrons. The maximum Gasteiger partial charge on any atom is 0.255 e. The Hall–Kier alpha value is -0.490. The predicted molar refractivity (Wildman–Crippen MR) is 62.8 cm³/mol. The summed E-state index contributed by atoms with van der Waals surface area (Å²) in [6.45, 7) is 2.05. The maximum atomic E-state index is 12.3. The van der Waals surface area contributed by atoms with Gasteiger partial charge >= 0.3 is 0 Å². The Morgan fingerprint density at radius 1 is 1.50 bits per heavy atom. The lowest BCUT2D eigenvalue weighted by atomic mass is 10.3. The van der Waals surface area contributed by atoms with Crippen molar-refractivity contribution >= 4 is 28.3 Å². The van der Waals surface area contributed by atoms with Crippen LogP contribution in [-0.2, 0) is 6.42 Å². The Morgan fingerprint density at radius 2 is 2.25 bits per heavy atom. The fourth-order valence-corrected chi connectivity index (χ4v) is 2.18. The van der Waals surface area contributed by atoms with Crippen molar-refractivity contribution in [1.82, 2.24) is 9.36 Å². The van der Waals surface area contributed by atoms with E-state index in [0.717, 1.165) is 30.2 Å². The van der Waals surface area contributed by atoms with Gasteiger partial charge in [0.15, 0.2) is 0 Å². The van der Waals surface area contributed by atoms with E-state index in [1.54, 1.807) is 0 Å². The predicted octanol–water partition coefficient (Wildman–Crippen LogP) is 2.80. The highest BCUT2D eigenvalue weighted by atomic mass is 35.5. The lowest BCUT2D eigenvalue weighted by Crippen LogP contribution is -2.30. The zero-order valence-corrected chi connectivity index (χ0v) is 10.6. The molecule has 0 spiro atoms. The van der Waals surface area contributed by atoms with Gasteiger partial charge in [0.25, 0.3) is 6.43 Å². The lowest BCUT2D eigenvalue weighted by Gasteiger charge is -2.19. The summed E-state index contributed by atoms with van der Waals surface area (Å²) in [6.07, 6.45) is -0.665. The van der Waals surface area contributed by atoms with Gasteiger partial charge in [-0.05, 0) is 6.42 Å². The molecular formula is C9H14ClF2N3S. The first-order valence-corrected chi connectivity index (χ1v) is 6.39. The van der Waals surface area contributed by atoms with E-state index in [1.807, 2.05) is 6.92 Å². The van der Waals surface area contributed by atoms with Crippen molar-refractivity contribution in [2.75, 3.05) is 23.9 Å². The zero-order chi connectivity index (χ0) is 12.0. The number of anilines is 1. The highest BCUT2D eigenvalue weighted by Gasteiger charge is 2.16. The number of hydrogen-bond acceptors (Lipinski definition) is 4. The summed E-state index contributed by atoms with van der Waals surface area (Å²) in [6, 6.07) is 0. The van der Waals surface area contributed by atoms with Crippen LogP contribution in [0.3, 0.4) is 0 Å². The van der Waals surface area contributed by atoms with E-state index in [-0.39, 0.29) is 6.54 Å². The molecule has 7 heteroatoms. The number of aryl methyl sites for hydroxylation is 1. The molecule has 0 amide bonds. The van der Waals surface area contributed by atoms with E-state index >= 15 is 0 Å². The van der Waals surface area contributed by atoms with Crippen molar-refractivity contribution in [2.45, 2.75) is 26.2 Å². The highest BCUT2D eigenvalue weighted by Crippen LogP contribution is 2.19. The second-order valence-electron chi connectivity index (χ2n) is 3.27. The quantitative estimate of drug-likeness (QED) is 0.713. The van der Waals surface area contributed by atoms with Crippen LogP contribution in [0.1, 0.15) is 19.2 Å². The molecule has 0 bridgehead atoms. The Morgan fingerprint density at radius 3 is 2.81 bits per heavy atom. The molecule has 0 aliphatic carbocycles. The molecule has 16 heavy (non-hydrogen) atoms. The van der Waals surface area contributed by atoms with Gasteiger partial charge in [-0.2, -0.15) is 4.37 Å². The van der Waals surface area contributed by atoms with Crippen molar-refractivity contribution in [3.63, 3.8) is 0 Å². The Kier molecular flexibility index (Phi) is 5.90. The largest absolute Gasteiger partial charge is 0.340 e. The third kappa shape index (κ3) is 4.17. The second kappa shape index (κ2) is 6.96. The van der Waals surface area contributed by atoms with Crippen molar-refractivity contribution in [3.05, 3.63) is 5.82 Å². The van der Waals surface area contributed by atoms with Crippen molar-refractivity contribution < 1.29 is 8.78 Å². The topological polar surface area (TPSA) is 29.0 Å². The summed E-state index contributed by atoms with van der Waals surface area (Å²) < 4.78 is 28.8. The number of rotatable bonds is 7. The van der Waals surface area contributed by atoms with E-state index in [4.69, 9.17) is 11.6 Å². The van der Waals surface area contributed by atoms with Crippen LogP contribution < -0.4 is 4.90 Å². The van der Waals surface area contributed by atoms with Crippen LogP contribution in [0.25, 0.3) is 0 Å². The summed E-state index contributed by atoms with van der Waals surface area (Å²) in [5.41, 5.74) is 0. The molecule has 0 fully saturated rings. The van der Waals surface area contributed by atoms with Gasteiger partial charge in [0, 0.05) is 30.4 Å². The number of halogens is 3. The number of hydrogen-bond donors (Lipinski definition) is 0. The molecule has 0 atom stereocenters. The van der Waals surface area contributed by atoms with Crippen molar-refractivity contribution in [1.29, 1.82) is 0 Å². The average Bonchev–Trinajstić information content (AvgIpc) is 2.66. The van der Waals surface area contributed by atoms with Gasteiger partial charge in [0.05, 0.1) is 6.54 Å². The SMILES string of the molecule is CCCc1nsc(N(CCCl)CC(F)F)n1. The van der Waals surface area contributed by atoms with Crippen LogP contribution in [0.4, 0.5) is 13.9 Å². The minimum absolute atomic E-state index is 0.301. The van der Waals surface area contributed by atoms with E-state index < -0.39 is 6.43 Å². The molecule has 1 aromatic heterocycles. The van der Waals surface area contributed by atoms with Crippen LogP contribution in [0, 0.1) is 0 Å². The molecule has 0 saturated heterocycles. The highest BCUT2D eigenvalue weighted by molar-refractivity contribution is 7.09. The Bertz CT molecular complexity index is 309. The first-order valence-electron chi connectivity index (χ1n) is 5.09. The average molecular weight is 270 g/mol. The standard InChI is InChI=1S/C9H14ClF2N3S/c1-2-3-8-13-9(16-14-8)15(5-4-10)6-7(11)12/h7H,2-6H2,1H3. The number of nitrogens with zero attached hydrogens (tertiary/aromatic N) is 3. The van der Waals surface area contributed by atoms with Crippen LogP contribution in [0.2, 0.25) is 0 Å². The minimum atomic E-state index is -2.39. The van der Waals surface area contributed by atoms with E-state index in [9.17, 15) is 8.78 Å². The van der Waals surface area contributed by atoms with Crippen molar-refractivity contribution in [3.8, 4) is 0 Å². The molecule has 0 radical (unpaired) electrons. The first-order chi connectivity index (χ1) is 7.67. The summed E-state index contributed by atoms with van der Waals surface area (Å²) in [7, 11) is 0. The van der Waals surface area contributed by atoms with Gasteiger partial charge in [0.2, 0.25) is 5.13 Å². The maximum absolute atomic E-state index is 12.3. The molecular weight excluding hydrogens is 256 g/mol. The minimum Gasteiger partial charge on any atom is -0.340 e. The number of aromatic nitrogens is 2. The number of alkyl halides is 3. The van der Waals surface area contributed by atoms with Crippen molar-refractivity contribution in [2.24, 2.45) is 0 Å². The van der Waals surface area contributed by atoms with Crippen LogP contribution >= 0.6 is 23.1 Å². The van der Waals surface area contributed by atoms with Gasteiger partial charge in [0.1, 0.15) is 5.82 Å². The lowest BCUT2D eigenvalue weighted by molar-refractivity contribution is 0.155. The first kappa shape index (κ1) is 13.6. The molecule has 0 aliphatic rings. The normalized spacial score (nSPS) is 11.1. The van der Waals surface area contributed by atoms with Gasteiger partial charge in [-0.1, -0.05) is 6.92 Å². The zero-order valence-electron chi connectivity index (χ0n) is 9.00. The van der Waals surface area contributed by atoms with E-state index in [2.05, 4.69) is 9.36 Å². The molecule has 0 unspecified atom stereocenters. The molecule has 1 aromatic rings. The molecule has 0 saturated carbocycles. The van der Waals surface area contributed by atoms with Gasteiger partial charge in [-0.15, -0.1) is 11.6 Å². The van der Waals surface area contributed by atoms with E-state index in [0.29, 0.717) is 17.6 Å². The summed E-state index contributed by atoms with van der Waals surface area (Å²) in [5, 5.41) is 0.532. The van der Waals surface area contributed by atoms with Crippen LogP contribution in [0.5, 0.6) is 0 Å². The fourth-order valence-electron chi connectivity index (χ4n) is 1.23. The van der Waals surface area contributed by atoms with Crippen LogP contribution in [-0.4, -0.2) is 34.8 Å². The Labute approximate surface area is 103 Å². The Balaban J connectivity index is 2.67.